The van der Waals surface area contributed by atoms with Crippen molar-refractivity contribution in [2.45, 2.75) is 17.7 Å². The highest BCUT2D eigenvalue weighted by atomic mass is 35.5. The van der Waals surface area contributed by atoms with Crippen molar-refractivity contribution in [2.24, 2.45) is 0 Å². The van der Waals surface area contributed by atoms with Gasteiger partial charge in [-0.25, -0.2) is 8.42 Å². The van der Waals surface area contributed by atoms with Gasteiger partial charge in [0.2, 0.25) is 0 Å². The summed E-state index contributed by atoms with van der Waals surface area (Å²) in [7, 11) is -0.878. The number of methoxy groups -OCH3 is 2. The van der Waals surface area contributed by atoms with Gasteiger partial charge in [-0.2, -0.15) is 0 Å². The van der Waals surface area contributed by atoms with Gasteiger partial charge in [0.05, 0.1) is 17.0 Å². The van der Waals surface area contributed by atoms with E-state index in [1.54, 1.807) is 23.1 Å². The van der Waals surface area contributed by atoms with E-state index < -0.39 is 10.0 Å². The molecule has 0 saturated heterocycles. The van der Waals surface area contributed by atoms with Crippen LogP contribution in [0.2, 0.25) is 5.02 Å². The molecule has 1 aliphatic heterocycles. The molecule has 2 aromatic rings. The fourth-order valence-electron chi connectivity index (χ4n) is 3.15. The second-order valence-corrected chi connectivity index (χ2v) is 8.42. The lowest BCUT2D eigenvalue weighted by molar-refractivity contribution is -0.122. The molecule has 0 aromatic heterocycles. The number of anilines is 2. The average molecular weight is 425 g/mol. The number of halogens is 1. The van der Waals surface area contributed by atoms with Crippen LogP contribution < -0.4 is 14.4 Å². The minimum atomic E-state index is -3.82. The van der Waals surface area contributed by atoms with Crippen LogP contribution in [0, 0.1) is 0 Å². The molecule has 0 atom stereocenters. The van der Waals surface area contributed by atoms with Crippen molar-refractivity contribution in [3.05, 3.63) is 47.0 Å². The molecule has 0 saturated carbocycles. The lowest BCUT2D eigenvalue weighted by Gasteiger charge is -2.29. The van der Waals surface area contributed by atoms with Gasteiger partial charge in [0, 0.05) is 25.0 Å². The number of hydrogen-bond donors (Lipinski definition) is 1. The van der Waals surface area contributed by atoms with E-state index in [0.717, 1.165) is 24.1 Å². The molecule has 0 radical (unpaired) electrons. The Hall–Kier alpha value is -2.29. The third-order valence-corrected chi connectivity index (χ3v) is 6.13. The summed E-state index contributed by atoms with van der Waals surface area (Å²) in [4.78, 5) is 13.9. The van der Waals surface area contributed by atoms with Gasteiger partial charge in [0.25, 0.3) is 15.9 Å². The largest absolute Gasteiger partial charge is 0.495 e. The number of benzene rings is 2. The van der Waals surface area contributed by atoms with Gasteiger partial charge in [-0.1, -0.05) is 11.6 Å². The van der Waals surface area contributed by atoms with Gasteiger partial charge in [0.15, 0.2) is 0 Å². The Morgan fingerprint density at radius 1 is 1.21 bits per heavy atom. The summed E-state index contributed by atoms with van der Waals surface area (Å²) in [6.07, 6.45) is 1.56. The van der Waals surface area contributed by atoms with Gasteiger partial charge in [-0.3, -0.25) is 9.52 Å². The molecule has 1 N–H and O–H groups in total. The van der Waals surface area contributed by atoms with Crippen molar-refractivity contribution in [1.82, 2.24) is 0 Å². The van der Waals surface area contributed by atoms with E-state index in [1.807, 2.05) is 0 Å². The van der Waals surface area contributed by atoms with E-state index in [0.29, 0.717) is 18.0 Å². The van der Waals surface area contributed by atoms with Crippen LogP contribution in [0.15, 0.2) is 41.3 Å². The van der Waals surface area contributed by atoms with Crippen molar-refractivity contribution in [3.63, 3.8) is 0 Å². The first-order chi connectivity index (χ1) is 13.4. The highest BCUT2D eigenvalue weighted by Crippen LogP contribution is 2.32. The standard InChI is InChI=1S/C19H21ClN2O5S/c1-26-12-19(23)22-9-3-4-13-10-14(5-7-17(13)22)21-28(24,25)15-6-8-18(27-2)16(20)11-15/h5-8,10-11,21H,3-4,9,12H2,1-2H3. The zero-order chi connectivity index (χ0) is 20.3. The van der Waals surface area contributed by atoms with Crippen molar-refractivity contribution in [3.8, 4) is 5.75 Å². The third-order valence-electron chi connectivity index (χ3n) is 4.45. The second-order valence-electron chi connectivity index (χ2n) is 6.33. The number of rotatable bonds is 6. The summed E-state index contributed by atoms with van der Waals surface area (Å²) in [5.41, 5.74) is 2.11. The lowest BCUT2D eigenvalue weighted by atomic mass is 10.0. The van der Waals surface area contributed by atoms with Crippen molar-refractivity contribution in [2.75, 3.05) is 37.0 Å². The first-order valence-electron chi connectivity index (χ1n) is 8.64. The van der Waals surface area contributed by atoms with Crippen LogP contribution >= 0.6 is 11.6 Å². The summed E-state index contributed by atoms with van der Waals surface area (Å²) in [6.45, 7) is 0.622. The lowest BCUT2D eigenvalue weighted by Crippen LogP contribution is -2.37. The molecule has 3 rings (SSSR count). The Labute approximate surface area is 169 Å². The van der Waals surface area contributed by atoms with Crippen LogP contribution in [0.5, 0.6) is 5.75 Å². The summed E-state index contributed by atoms with van der Waals surface area (Å²) in [5, 5.41) is 0.211. The predicted octanol–water partition coefficient (Wildman–Crippen LogP) is 3.08. The summed E-state index contributed by atoms with van der Waals surface area (Å²) < 4.78 is 37.9. The number of fused-ring (bicyclic) bond motifs is 1. The summed E-state index contributed by atoms with van der Waals surface area (Å²) in [6, 6.07) is 9.41. The fraction of sp³-hybridized carbons (Fsp3) is 0.316. The molecule has 1 heterocycles. The maximum Gasteiger partial charge on any atom is 0.261 e. The molecule has 150 valence electrons. The Morgan fingerprint density at radius 2 is 2.00 bits per heavy atom. The molecule has 1 amide bonds. The number of carbonyl (C=O) groups is 1. The van der Waals surface area contributed by atoms with Gasteiger partial charge in [-0.15, -0.1) is 0 Å². The Bertz CT molecular complexity index is 994. The van der Waals surface area contributed by atoms with E-state index in [9.17, 15) is 13.2 Å². The van der Waals surface area contributed by atoms with Crippen LogP contribution in [0.4, 0.5) is 11.4 Å². The molecule has 0 spiro atoms. The maximum atomic E-state index is 12.7. The molecular weight excluding hydrogens is 404 g/mol. The van der Waals surface area contributed by atoms with Crippen LogP contribution in [-0.2, 0) is 26.0 Å². The van der Waals surface area contributed by atoms with E-state index in [2.05, 4.69) is 4.72 Å². The monoisotopic (exact) mass is 424 g/mol. The normalized spacial score (nSPS) is 13.8. The second kappa shape index (κ2) is 8.38. The SMILES string of the molecule is COCC(=O)N1CCCc2cc(NS(=O)(=O)c3ccc(OC)c(Cl)c3)ccc21. The Kier molecular flexibility index (Phi) is 6.12. The van der Waals surface area contributed by atoms with Gasteiger partial charge < -0.3 is 14.4 Å². The average Bonchev–Trinajstić information content (AvgIpc) is 2.67. The van der Waals surface area contributed by atoms with Crippen molar-refractivity contribution >= 4 is 38.9 Å². The molecule has 0 unspecified atom stereocenters. The first-order valence-corrected chi connectivity index (χ1v) is 10.5. The molecular formula is C19H21ClN2O5S. The summed E-state index contributed by atoms with van der Waals surface area (Å²) in [5.74, 6) is 0.278. The third kappa shape index (κ3) is 4.24. The topological polar surface area (TPSA) is 84.9 Å². The number of nitrogens with zero attached hydrogens (tertiary/aromatic N) is 1. The predicted molar refractivity (Wildman–Crippen MR) is 108 cm³/mol. The minimum Gasteiger partial charge on any atom is -0.495 e. The molecule has 0 fully saturated rings. The van der Waals surface area contributed by atoms with Crippen molar-refractivity contribution < 1.29 is 22.7 Å². The zero-order valence-electron chi connectivity index (χ0n) is 15.6. The van der Waals surface area contributed by atoms with Gasteiger partial charge in [-0.05, 0) is 54.8 Å². The van der Waals surface area contributed by atoms with Crippen molar-refractivity contribution in [1.29, 1.82) is 0 Å². The maximum absolute atomic E-state index is 12.7. The minimum absolute atomic E-state index is 0.00600. The van der Waals surface area contributed by atoms with Crippen LogP contribution in [0.3, 0.4) is 0 Å². The Balaban J connectivity index is 1.85. The molecule has 9 heteroatoms. The molecule has 0 bridgehead atoms. The summed E-state index contributed by atoms with van der Waals surface area (Å²) >= 11 is 6.04. The molecule has 0 aliphatic carbocycles. The van der Waals surface area contributed by atoms with E-state index in [4.69, 9.17) is 21.1 Å². The number of hydrogen-bond acceptors (Lipinski definition) is 5. The highest BCUT2D eigenvalue weighted by Gasteiger charge is 2.23. The van der Waals surface area contributed by atoms with Gasteiger partial charge >= 0.3 is 0 Å². The molecule has 28 heavy (non-hydrogen) atoms. The Morgan fingerprint density at radius 3 is 2.68 bits per heavy atom. The fourth-order valence-corrected chi connectivity index (χ4v) is 4.55. The van der Waals surface area contributed by atoms with Crippen LogP contribution in [-0.4, -0.2) is 41.7 Å². The smallest absolute Gasteiger partial charge is 0.261 e. The number of aryl methyl sites for hydroxylation is 1. The zero-order valence-corrected chi connectivity index (χ0v) is 17.1. The number of nitrogens with one attached hydrogen (secondary N) is 1. The van der Waals surface area contributed by atoms with E-state index in [-0.39, 0.29) is 22.4 Å². The quantitative estimate of drug-likeness (QED) is 0.770. The van der Waals surface area contributed by atoms with Gasteiger partial charge in [0.1, 0.15) is 12.4 Å². The number of sulfonamides is 1. The molecule has 1 aliphatic rings. The number of amides is 1. The number of ether oxygens (including phenoxy) is 2. The van der Waals surface area contributed by atoms with Crippen LogP contribution in [0.25, 0.3) is 0 Å². The van der Waals surface area contributed by atoms with E-state index >= 15 is 0 Å². The molecule has 7 nitrogen and oxygen atoms in total. The highest BCUT2D eigenvalue weighted by molar-refractivity contribution is 7.92. The van der Waals surface area contributed by atoms with Crippen LogP contribution in [0.1, 0.15) is 12.0 Å². The van der Waals surface area contributed by atoms with E-state index in [1.165, 1.54) is 32.4 Å². The first kappa shape index (κ1) is 20.4. The molecule has 2 aromatic carbocycles. The number of carbonyl (C=O) groups excluding carboxylic acids is 1.